The average Bonchev–Trinajstić information content (AvgIpc) is 3.00. The number of H-pyrrole nitrogens is 1. The lowest BCUT2D eigenvalue weighted by molar-refractivity contribution is 0.590. The van der Waals surface area contributed by atoms with Gasteiger partial charge in [0.05, 0.1) is 16.3 Å². The van der Waals surface area contributed by atoms with Gasteiger partial charge in [0.15, 0.2) is 5.82 Å². The van der Waals surface area contributed by atoms with Crippen molar-refractivity contribution in [3.63, 3.8) is 0 Å². The van der Waals surface area contributed by atoms with Crippen LogP contribution in [0.1, 0.15) is 22.3 Å². The highest BCUT2D eigenvalue weighted by Gasteiger charge is 2.33. The highest BCUT2D eigenvalue weighted by atomic mass is 32.2. The lowest BCUT2D eigenvalue weighted by Gasteiger charge is -2.23. The van der Waals surface area contributed by atoms with Crippen LogP contribution in [0.5, 0.6) is 0 Å². The van der Waals surface area contributed by atoms with Gasteiger partial charge < -0.3 is 0 Å². The molecule has 3 heterocycles. The van der Waals surface area contributed by atoms with Gasteiger partial charge in [0.2, 0.25) is 0 Å². The molecule has 0 fully saturated rings. The maximum Gasteiger partial charge on any atom is 0.275 e. The van der Waals surface area contributed by atoms with Crippen LogP contribution in [0, 0.1) is 20.8 Å². The maximum atomic E-state index is 13.5. The number of hydrogen-bond acceptors (Lipinski definition) is 4. The van der Waals surface area contributed by atoms with Gasteiger partial charge in [-0.3, -0.25) is 9.89 Å². The molecule has 0 amide bonds. The van der Waals surface area contributed by atoms with Gasteiger partial charge in [-0.15, -0.1) is 0 Å². The normalized spacial score (nSPS) is 13.4. The molecule has 1 aliphatic heterocycles. The summed E-state index contributed by atoms with van der Waals surface area (Å²) in [4.78, 5) is 18.0. The van der Waals surface area contributed by atoms with E-state index in [2.05, 4.69) is 16.1 Å². The maximum absolute atomic E-state index is 13.5. The molecule has 0 saturated heterocycles. The summed E-state index contributed by atoms with van der Waals surface area (Å²) in [7, 11) is -3.85. The summed E-state index contributed by atoms with van der Waals surface area (Å²) in [6.45, 7) is 6.00. The molecular weight excluding hydrogens is 436 g/mol. The lowest BCUT2D eigenvalue weighted by atomic mass is 10.1. The predicted octanol–water partition coefficient (Wildman–Crippen LogP) is 3.90. The number of fused-ring (bicyclic) bond motifs is 3. The molecule has 7 nitrogen and oxygen atoms in total. The first-order chi connectivity index (χ1) is 15.8. The number of sulfonamides is 1. The zero-order valence-electron chi connectivity index (χ0n) is 18.7. The third-order valence-corrected chi connectivity index (χ3v) is 7.72. The molecule has 0 aliphatic carbocycles. The second kappa shape index (κ2) is 7.74. The van der Waals surface area contributed by atoms with Crippen molar-refractivity contribution in [2.75, 3.05) is 10.8 Å². The number of anilines is 1. The summed E-state index contributed by atoms with van der Waals surface area (Å²) in [5, 5.41) is 3.23. The molecule has 1 N–H and O–H groups in total. The molecule has 0 radical (unpaired) electrons. The lowest BCUT2D eigenvalue weighted by Crippen LogP contribution is -2.34. The van der Waals surface area contributed by atoms with Crippen molar-refractivity contribution in [1.29, 1.82) is 0 Å². The van der Waals surface area contributed by atoms with Crippen LogP contribution in [-0.4, -0.2) is 29.7 Å². The number of nitrogens with one attached hydrogen (secondary N) is 1. The summed E-state index contributed by atoms with van der Waals surface area (Å²) >= 11 is 0. The first-order valence-corrected chi connectivity index (χ1v) is 12.2. The molecule has 0 unspecified atom stereocenters. The number of aromatic amines is 1. The molecule has 0 bridgehead atoms. The molecule has 5 rings (SSSR count). The molecule has 168 valence electrons. The monoisotopic (exact) mass is 460 g/mol. The molecule has 0 atom stereocenters. The van der Waals surface area contributed by atoms with Crippen LogP contribution in [0.2, 0.25) is 0 Å². The highest BCUT2D eigenvalue weighted by Crippen LogP contribution is 2.35. The summed E-state index contributed by atoms with van der Waals surface area (Å²) in [6, 6.07) is 16.2. The standard InChI is InChI=1S/C25H24N4O3S/c1-16-6-8-20(9-7-16)33(31,32)28-12-10-22-23(21-5-4-11-26-24(21)28)27-29(25(22)30)19-14-17(2)13-18(3)15-19/h4-9,11,13-15,27H,10,12H2,1-3H3. The minimum Gasteiger partial charge on any atom is -0.290 e. The second-order valence-corrected chi connectivity index (χ2v) is 10.3. The first kappa shape index (κ1) is 21.2. The number of nitrogens with zero attached hydrogens (tertiary/aromatic N) is 3. The van der Waals surface area contributed by atoms with Crippen LogP contribution < -0.4 is 9.86 Å². The van der Waals surface area contributed by atoms with E-state index in [1.165, 1.54) is 8.99 Å². The van der Waals surface area contributed by atoms with E-state index in [1.807, 2.05) is 32.9 Å². The smallest absolute Gasteiger partial charge is 0.275 e. The van der Waals surface area contributed by atoms with Crippen LogP contribution in [0.25, 0.3) is 16.9 Å². The van der Waals surface area contributed by atoms with Gasteiger partial charge in [-0.05, 0) is 74.7 Å². The Morgan fingerprint density at radius 2 is 1.64 bits per heavy atom. The van der Waals surface area contributed by atoms with Gasteiger partial charge in [-0.1, -0.05) is 23.8 Å². The van der Waals surface area contributed by atoms with Gasteiger partial charge in [-0.25, -0.2) is 22.4 Å². The van der Waals surface area contributed by atoms with E-state index in [0.717, 1.165) is 22.4 Å². The van der Waals surface area contributed by atoms with Crippen molar-refractivity contribution >= 4 is 15.8 Å². The topological polar surface area (TPSA) is 88.1 Å². The van der Waals surface area contributed by atoms with E-state index in [4.69, 9.17) is 0 Å². The van der Waals surface area contributed by atoms with Crippen molar-refractivity contribution in [3.05, 3.63) is 93.4 Å². The van der Waals surface area contributed by atoms with Crippen LogP contribution in [-0.2, 0) is 16.4 Å². The van der Waals surface area contributed by atoms with Gasteiger partial charge in [0.1, 0.15) is 0 Å². The van der Waals surface area contributed by atoms with E-state index in [9.17, 15) is 13.2 Å². The van der Waals surface area contributed by atoms with Crippen molar-refractivity contribution in [1.82, 2.24) is 14.8 Å². The van der Waals surface area contributed by atoms with Gasteiger partial charge in [0, 0.05) is 23.9 Å². The summed E-state index contributed by atoms with van der Waals surface area (Å²) in [5.74, 6) is 0.311. The zero-order valence-corrected chi connectivity index (χ0v) is 19.5. The first-order valence-electron chi connectivity index (χ1n) is 10.7. The molecule has 33 heavy (non-hydrogen) atoms. The van der Waals surface area contributed by atoms with E-state index >= 15 is 0 Å². The van der Waals surface area contributed by atoms with Crippen LogP contribution in [0.3, 0.4) is 0 Å². The Bertz CT molecular complexity index is 1510. The van der Waals surface area contributed by atoms with Gasteiger partial charge in [0.25, 0.3) is 15.6 Å². The summed E-state index contributed by atoms with van der Waals surface area (Å²) in [6.07, 6.45) is 1.84. The second-order valence-electron chi connectivity index (χ2n) is 8.47. The highest BCUT2D eigenvalue weighted by molar-refractivity contribution is 7.92. The van der Waals surface area contributed by atoms with Crippen LogP contribution in [0.4, 0.5) is 5.82 Å². The number of benzene rings is 2. The average molecular weight is 461 g/mol. The Kier molecular flexibility index (Phi) is 4.97. The SMILES string of the molecule is Cc1ccc(S(=O)(=O)N2CCc3c([nH]n(-c4cc(C)cc(C)c4)c3=O)-c3cccnc32)cc1. The third-order valence-electron chi connectivity index (χ3n) is 5.92. The largest absolute Gasteiger partial charge is 0.290 e. The number of pyridine rings is 1. The third kappa shape index (κ3) is 3.56. The fourth-order valence-corrected chi connectivity index (χ4v) is 5.81. The molecule has 1 aliphatic rings. The Morgan fingerprint density at radius 1 is 0.939 bits per heavy atom. The fourth-order valence-electron chi connectivity index (χ4n) is 4.37. The van der Waals surface area contributed by atoms with E-state index in [1.54, 1.807) is 42.6 Å². The Labute approximate surface area is 192 Å². The fraction of sp³-hybridized carbons (Fsp3) is 0.200. The number of rotatable bonds is 3. The van der Waals surface area contributed by atoms with E-state index < -0.39 is 10.0 Å². The van der Waals surface area contributed by atoms with Gasteiger partial charge in [-0.2, -0.15) is 0 Å². The quantitative estimate of drug-likeness (QED) is 0.502. The Balaban J connectivity index is 1.67. The molecule has 2 aromatic heterocycles. The number of aromatic nitrogens is 3. The molecule has 0 spiro atoms. The predicted molar refractivity (Wildman–Crippen MR) is 129 cm³/mol. The van der Waals surface area contributed by atoms with Crippen LogP contribution >= 0.6 is 0 Å². The molecule has 4 aromatic rings. The summed E-state index contributed by atoms with van der Waals surface area (Å²) in [5.41, 5.74) is 5.39. The van der Waals surface area contributed by atoms with Gasteiger partial charge >= 0.3 is 0 Å². The molecule has 8 heteroatoms. The Hall–Kier alpha value is -3.65. The molecule has 2 aromatic carbocycles. The zero-order chi connectivity index (χ0) is 23.3. The van der Waals surface area contributed by atoms with Crippen molar-refractivity contribution in [2.45, 2.75) is 32.1 Å². The number of hydrogen-bond donors (Lipinski definition) is 1. The molecular formula is C25H24N4O3S. The van der Waals surface area contributed by atoms with Crippen molar-refractivity contribution < 1.29 is 8.42 Å². The van der Waals surface area contributed by atoms with E-state index in [-0.39, 0.29) is 23.4 Å². The Morgan fingerprint density at radius 3 is 2.33 bits per heavy atom. The van der Waals surface area contributed by atoms with Crippen molar-refractivity contribution in [3.8, 4) is 16.9 Å². The van der Waals surface area contributed by atoms with E-state index in [0.29, 0.717) is 22.6 Å². The minimum atomic E-state index is -3.85. The minimum absolute atomic E-state index is 0.118. The number of aryl methyl sites for hydroxylation is 3. The van der Waals surface area contributed by atoms with Crippen molar-refractivity contribution in [2.24, 2.45) is 0 Å². The summed E-state index contributed by atoms with van der Waals surface area (Å²) < 4.78 is 29.9. The van der Waals surface area contributed by atoms with Crippen LogP contribution in [0.15, 0.2) is 70.5 Å². The molecule has 0 saturated carbocycles.